The standard InChI is InChI=1S/C10H23NO2/c1-3-6-10(9-13-2)11-7-4-5-8-12/h10-12H,3-9H2,1-2H3. The lowest BCUT2D eigenvalue weighted by molar-refractivity contribution is 0.161. The smallest absolute Gasteiger partial charge is 0.0615 e. The fourth-order valence-corrected chi connectivity index (χ4v) is 1.34. The quantitative estimate of drug-likeness (QED) is 0.535. The molecule has 80 valence electrons. The summed E-state index contributed by atoms with van der Waals surface area (Å²) in [6.07, 6.45) is 4.27. The SMILES string of the molecule is CCCC(COC)NCCCCO. The molecule has 0 heterocycles. The van der Waals surface area contributed by atoms with Crippen LogP contribution >= 0.6 is 0 Å². The van der Waals surface area contributed by atoms with Gasteiger partial charge in [-0.15, -0.1) is 0 Å². The van der Waals surface area contributed by atoms with Crippen LogP contribution in [0.5, 0.6) is 0 Å². The van der Waals surface area contributed by atoms with Gasteiger partial charge >= 0.3 is 0 Å². The van der Waals surface area contributed by atoms with Gasteiger partial charge in [-0.25, -0.2) is 0 Å². The molecule has 3 nitrogen and oxygen atoms in total. The van der Waals surface area contributed by atoms with Crippen LogP contribution in [-0.2, 0) is 4.74 Å². The third-order valence-electron chi connectivity index (χ3n) is 2.02. The predicted molar refractivity (Wildman–Crippen MR) is 54.9 cm³/mol. The number of methoxy groups -OCH3 is 1. The van der Waals surface area contributed by atoms with Crippen molar-refractivity contribution in [3.8, 4) is 0 Å². The van der Waals surface area contributed by atoms with Crippen LogP contribution in [-0.4, -0.2) is 38.0 Å². The molecule has 0 amide bonds. The zero-order valence-electron chi connectivity index (χ0n) is 8.88. The highest BCUT2D eigenvalue weighted by Gasteiger charge is 2.04. The van der Waals surface area contributed by atoms with Crippen LogP contribution < -0.4 is 5.32 Å². The zero-order valence-corrected chi connectivity index (χ0v) is 8.88. The van der Waals surface area contributed by atoms with Crippen molar-refractivity contribution >= 4 is 0 Å². The molecule has 0 aromatic heterocycles. The highest BCUT2D eigenvalue weighted by atomic mass is 16.5. The fraction of sp³-hybridized carbons (Fsp3) is 1.00. The Morgan fingerprint density at radius 1 is 1.38 bits per heavy atom. The maximum atomic E-state index is 8.59. The highest BCUT2D eigenvalue weighted by Crippen LogP contribution is 1.97. The van der Waals surface area contributed by atoms with E-state index in [4.69, 9.17) is 9.84 Å². The first kappa shape index (κ1) is 12.9. The Labute approximate surface area is 81.5 Å². The average molecular weight is 189 g/mol. The van der Waals surface area contributed by atoms with E-state index in [1.54, 1.807) is 7.11 Å². The van der Waals surface area contributed by atoms with Crippen molar-refractivity contribution in [2.24, 2.45) is 0 Å². The molecule has 0 saturated heterocycles. The largest absolute Gasteiger partial charge is 0.396 e. The summed E-state index contributed by atoms with van der Waals surface area (Å²) >= 11 is 0. The lowest BCUT2D eigenvalue weighted by atomic mass is 10.2. The summed E-state index contributed by atoms with van der Waals surface area (Å²) in [5.74, 6) is 0. The Balaban J connectivity index is 3.33. The Bertz CT molecular complexity index is 92.9. The van der Waals surface area contributed by atoms with Gasteiger partial charge in [-0.3, -0.25) is 0 Å². The average Bonchev–Trinajstić information content (AvgIpc) is 2.13. The van der Waals surface area contributed by atoms with Crippen LogP contribution in [0.3, 0.4) is 0 Å². The normalized spacial score (nSPS) is 13.2. The van der Waals surface area contributed by atoms with Crippen molar-refractivity contribution in [3.63, 3.8) is 0 Å². The van der Waals surface area contributed by atoms with Gasteiger partial charge in [-0.2, -0.15) is 0 Å². The Morgan fingerprint density at radius 2 is 2.15 bits per heavy atom. The number of nitrogens with one attached hydrogen (secondary N) is 1. The van der Waals surface area contributed by atoms with E-state index in [1.807, 2.05) is 0 Å². The van der Waals surface area contributed by atoms with E-state index >= 15 is 0 Å². The topological polar surface area (TPSA) is 41.5 Å². The molecule has 1 unspecified atom stereocenters. The lowest BCUT2D eigenvalue weighted by Crippen LogP contribution is -2.33. The molecule has 0 aromatic rings. The monoisotopic (exact) mass is 189 g/mol. The molecule has 13 heavy (non-hydrogen) atoms. The molecular formula is C10H23NO2. The van der Waals surface area contributed by atoms with Crippen LogP contribution in [0.4, 0.5) is 0 Å². The van der Waals surface area contributed by atoms with Crippen molar-refractivity contribution < 1.29 is 9.84 Å². The summed E-state index contributed by atoms with van der Waals surface area (Å²) in [6, 6.07) is 0.480. The number of rotatable bonds is 9. The Morgan fingerprint density at radius 3 is 2.69 bits per heavy atom. The first-order chi connectivity index (χ1) is 6.35. The zero-order chi connectivity index (χ0) is 9.94. The number of hydrogen-bond donors (Lipinski definition) is 2. The van der Waals surface area contributed by atoms with Crippen LogP contribution in [0, 0.1) is 0 Å². The third-order valence-corrected chi connectivity index (χ3v) is 2.02. The Kier molecular flexibility index (Phi) is 9.87. The van der Waals surface area contributed by atoms with Gasteiger partial charge < -0.3 is 15.2 Å². The van der Waals surface area contributed by atoms with Crippen LogP contribution in [0.25, 0.3) is 0 Å². The summed E-state index contributed by atoms with van der Waals surface area (Å²) < 4.78 is 5.10. The van der Waals surface area contributed by atoms with Gasteiger partial charge in [0, 0.05) is 19.8 Å². The second-order valence-electron chi connectivity index (χ2n) is 3.33. The second-order valence-corrected chi connectivity index (χ2v) is 3.33. The molecule has 0 spiro atoms. The van der Waals surface area contributed by atoms with Crippen molar-refractivity contribution in [1.82, 2.24) is 5.32 Å². The third kappa shape index (κ3) is 8.22. The van der Waals surface area contributed by atoms with Crippen LogP contribution in [0.1, 0.15) is 32.6 Å². The Hall–Kier alpha value is -0.120. The van der Waals surface area contributed by atoms with Crippen LogP contribution in [0.15, 0.2) is 0 Å². The summed E-state index contributed by atoms with van der Waals surface area (Å²) in [6.45, 7) is 4.24. The predicted octanol–water partition coefficient (Wildman–Crippen LogP) is 1.16. The van der Waals surface area contributed by atoms with E-state index < -0.39 is 0 Å². The van der Waals surface area contributed by atoms with Gasteiger partial charge in [0.05, 0.1) is 6.61 Å². The number of aliphatic hydroxyl groups excluding tert-OH is 1. The molecule has 2 N–H and O–H groups in total. The van der Waals surface area contributed by atoms with Gasteiger partial charge in [0.2, 0.25) is 0 Å². The molecule has 0 bridgehead atoms. The van der Waals surface area contributed by atoms with E-state index in [-0.39, 0.29) is 0 Å². The number of unbranched alkanes of at least 4 members (excludes halogenated alkanes) is 1. The minimum Gasteiger partial charge on any atom is -0.396 e. The van der Waals surface area contributed by atoms with Crippen molar-refractivity contribution in [2.75, 3.05) is 26.9 Å². The van der Waals surface area contributed by atoms with E-state index in [0.29, 0.717) is 12.6 Å². The molecule has 0 aliphatic rings. The van der Waals surface area contributed by atoms with Gasteiger partial charge in [-0.05, 0) is 25.8 Å². The molecule has 3 heteroatoms. The molecule has 0 aliphatic heterocycles. The summed E-state index contributed by atoms with van der Waals surface area (Å²) in [7, 11) is 1.73. The van der Waals surface area contributed by atoms with E-state index in [0.717, 1.165) is 32.4 Å². The van der Waals surface area contributed by atoms with Gasteiger partial charge in [0.1, 0.15) is 0 Å². The second kappa shape index (κ2) is 9.96. The van der Waals surface area contributed by atoms with Crippen molar-refractivity contribution in [3.05, 3.63) is 0 Å². The van der Waals surface area contributed by atoms with Crippen molar-refractivity contribution in [1.29, 1.82) is 0 Å². The van der Waals surface area contributed by atoms with Crippen molar-refractivity contribution in [2.45, 2.75) is 38.6 Å². The van der Waals surface area contributed by atoms with E-state index in [9.17, 15) is 0 Å². The fourth-order valence-electron chi connectivity index (χ4n) is 1.34. The first-order valence-corrected chi connectivity index (χ1v) is 5.18. The molecule has 0 aromatic carbocycles. The number of aliphatic hydroxyl groups is 1. The summed E-state index contributed by atoms with van der Waals surface area (Å²) in [5, 5.41) is 12.0. The minimum atomic E-state index is 0.296. The van der Waals surface area contributed by atoms with Crippen LogP contribution in [0.2, 0.25) is 0 Å². The van der Waals surface area contributed by atoms with Gasteiger partial charge in [0.15, 0.2) is 0 Å². The maximum Gasteiger partial charge on any atom is 0.0615 e. The number of ether oxygens (including phenoxy) is 1. The van der Waals surface area contributed by atoms with E-state index in [1.165, 1.54) is 6.42 Å². The summed E-state index contributed by atoms with van der Waals surface area (Å²) in [4.78, 5) is 0. The maximum absolute atomic E-state index is 8.59. The highest BCUT2D eigenvalue weighted by molar-refractivity contribution is 4.64. The number of hydrogen-bond acceptors (Lipinski definition) is 3. The molecule has 0 radical (unpaired) electrons. The van der Waals surface area contributed by atoms with Gasteiger partial charge in [0.25, 0.3) is 0 Å². The molecule has 0 aliphatic carbocycles. The summed E-state index contributed by atoms with van der Waals surface area (Å²) in [5.41, 5.74) is 0. The van der Waals surface area contributed by atoms with Gasteiger partial charge in [-0.1, -0.05) is 13.3 Å². The molecule has 0 saturated carbocycles. The molecule has 0 fully saturated rings. The molecule has 0 rings (SSSR count). The lowest BCUT2D eigenvalue weighted by Gasteiger charge is -2.16. The molecular weight excluding hydrogens is 166 g/mol. The minimum absolute atomic E-state index is 0.296. The molecule has 1 atom stereocenters. The first-order valence-electron chi connectivity index (χ1n) is 5.18. The van der Waals surface area contributed by atoms with E-state index in [2.05, 4.69) is 12.2 Å².